The summed E-state index contributed by atoms with van der Waals surface area (Å²) in [6.45, 7) is 10.6. The lowest BCUT2D eigenvalue weighted by atomic mass is 10.1. The van der Waals surface area contributed by atoms with E-state index < -0.39 is 0 Å². The zero-order valence-electron chi connectivity index (χ0n) is 13.2. The molecule has 2 aromatic heterocycles. The number of aromatic nitrogens is 2. The molecule has 0 unspecified atom stereocenters. The van der Waals surface area contributed by atoms with Gasteiger partial charge in [-0.2, -0.15) is 0 Å². The Labute approximate surface area is 130 Å². The van der Waals surface area contributed by atoms with E-state index in [0.717, 1.165) is 42.3 Å². The molecular weight excluding hydrogens is 282 g/mol. The Hall–Kier alpha value is -1.46. The molecule has 0 atom stereocenters. The molecule has 4 nitrogen and oxygen atoms in total. The van der Waals surface area contributed by atoms with E-state index in [1.165, 1.54) is 10.4 Å². The third kappa shape index (κ3) is 4.25. The normalized spacial score (nSPS) is 10.9. The maximum absolute atomic E-state index is 5.95. The molecule has 114 valence electrons. The first kappa shape index (κ1) is 15.9. The summed E-state index contributed by atoms with van der Waals surface area (Å²) < 4.78 is 5.95. The maximum Gasteiger partial charge on any atom is 0.218 e. The molecular formula is C16H23N3OS. The number of ether oxygens (including phenoxy) is 1. The zero-order valence-corrected chi connectivity index (χ0v) is 14.0. The summed E-state index contributed by atoms with van der Waals surface area (Å²) in [5.74, 6) is 0.760. The quantitative estimate of drug-likeness (QED) is 0.853. The first-order chi connectivity index (χ1) is 10.1. The van der Waals surface area contributed by atoms with Gasteiger partial charge in [-0.05, 0) is 38.9 Å². The van der Waals surface area contributed by atoms with Gasteiger partial charge in [0.05, 0.1) is 17.8 Å². The van der Waals surface area contributed by atoms with Crippen LogP contribution in [0, 0.1) is 20.8 Å². The Kier molecular flexibility index (Phi) is 5.70. The molecule has 0 fully saturated rings. The second-order valence-corrected chi connectivity index (χ2v) is 6.04. The molecule has 0 saturated heterocycles. The van der Waals surface area contributed by atoms with E-state index in [9.17, 15) is 0 Å². The number of rotatable bonds is 7. The Balaban J connectivity index is 2.05. The first-order valence-electron chi connectivity index (χ1n) is 7.31. The Bertz CT molecular complexity index is 595. The number of nitrogens with one attached hydrogen (secondary N) is 1. The van der Waals surface area contributed by atoms with Crippen LogP contribution < -0.4 is 10.1 Å². The number of thiazole rings is 1. The smallest absolute Gasteiger partial charge is 0.218 e. The van der Waals surface area contributed by atoms with Crippen LogP contribution >= 0.6 is 11.3 Å². The van der Waals surface area contributed by atoms with Crippen LogP contribution in [0.5, 0.6) is 5.88 Å². The monoisotopic (exact) mass is 305 g/mol. The third-order valence-corrected chi connectivity index (χ3v) is 4.40. The number of aryl methyl sites for hydroxylation is 3. The van der Waals surface area contributed by atoms with Crippen molar-refractivity contribution in [1.29, 1.82) is 0 Å². The second-order valence-electron chi connectivity index (χ2n) is 5.10. The lowest BCUT2D eigenvalue weighted by Gasteiger charge is -2.14. The van der Waals surface area contributed by atoms with Gasteiger partial charge in [0.25, 0.3) is 0 Å². The molecule has 5 heteroatoms. The fourth-order valence-corrected chi connectivity index (χ4v) is 2.98. The summed E-state index contributed by atoms with van der Waals surface area (Å²) in [7, 11) is 0. The van der Waals surface area contributed by atoms with Crippen LogP contribution in [0.4, 0.5) is 0 Å². The number of pyridine rings is 1. The van der Waals surface area contributed by atoms with Gasteiger partial charge in [-0.25, -0.2) is 9.97 Å². The fraction of sp³-hybridized carbons (Fsp3) is 0.500. The standard InChI is InChI=1S/C16H23N3OS/c1-5-17-9-14-11(2)8-12(3)19-16(14)20-7-6-15-13(4)18-10-21-15/h8,10,17H,5-7,9H2,1-4H3. The zero-order chi connectivity index (χ0) is 15.2. The fourth-order valence-electron chi connectivity index (χ4n) is 2.22. The van der Waals surface area contributed by atoms with Crippen molar-refractivity contribution in [3.63, 3.8) is 0 Å². The lowest BCUT2D eigenvalue weighted by Crippen LogP contribution is -2.15. The molecule has 0 aliphatic carbocycles. The Morgan fingerprint density at radius 1 is 1.29 bits per heavy atom. The molecule has 21 heavy (non-hydrogen) atoms. The van der Waals surface area contributed by atoms with Crippen molar-refractivity contribution in [2.75, 3.05) is 13.2 Å². The molecule has 0 aromatic carbocycles. The highest BCUT2D eigenvalue weighted by Gasteiger charge is 2.10. The van der Waals surface area contributed by atoms with Crippen LogP contribution in [-0.2, 0) is 13.0 Å². The van der Waals surface area contributed by atoms with Crippen LogP contribution in [0.25, 0.3) is 0 Å². The van der Waals surface area contributed by atoms with E-state index in [0.29, 0.717) is 6.61 Å². The molecule has 1 N–H and O–H groups in total. The highest BCUT2D eigenvalue weighted by Crippen LogP contribution is 2.21. The van der Waals surface area contributed by atoms with E-state index in [1.54, 1.807) is 11.3 Å². The van der Waals surface area contributed by atoms with Crippen molar-refractivity contribution in [3.8, 4) is 5.88 Å². The largest absolute Gasteiger partial charge is 0.477 e. The van der Waals surface area contributed by atoms with Gasteiger partial charge in [-0.3, -0.25) is 0 Å². The van der Waals surface area contributed by atoms with E-state index >= 15 is 0 Å². The lowest BCUT2D eigenvalue weighted by molar-refractivity contribution is 0.305. The average Bonchev–Trinajstić information content (AvgIpc) is 2.83. The molecule has 0 spiro atoms. The molecule has 2 aromatic rings. The van der Waals surface area contributed by atoms with Crippen molar-refractivity contribution in [2.45, 2.75) is 40.7 Å². The highest BCUT2D eigenvalue weighted by molar-refractivity contribution is 7.09. The topological polar surface area (TPSA) is 47.0 Å². The van der Waals surface area contributed by atoms with Crippen molar-refractivity contribution in [2.24, 2.45) is 0 Å². The first-order valence-corrected chi connectivity index (χ1v) is 8.19. The van der Waals surface area contributed by atoms with Gasteiger partial charge in [0.1, 0.15) is 0 Å². The highest BCUT2D eigenvalue weighted by atomic mass is 32.1. The number of nitrogens with zero attached hydrogens (tertiary/aromatic N) is 2. The summed E-state index contributed by atoms with van der Waals surface area (Å²) >= 11 is 1.69. The van der Waals surface area contributed by atoms with E-state index in [2.05, 4.69) is 35.2 Å². The summed E-state index contributed by atoms with van der Waals surface area (Å²) in [5, 5.41) is 3.35. The van der Waals surface area contributed by atoms with Crippen molar-refractivity contribution in [1.82, 2.24) is 15.3 Å². The predicted octanol–water partition coefficient (Wildman–Crippen LogP) is 3.19. The predicted molar refractivity (Wildman–Crippen MR) is 87.1 cm³/mol. The molecule has 0 bridgehead atoms. The van der Waals surface area contributed by atoms with Gasteiger partial charge in [0, 0.05) is 29.1 Å². The van der Waals surface area contributed by atoms with Gasteiger partial charge >= 0.3 is 0 Å². The van der Waals surface area contributed by atoms with Crippen LogP contribution in [0.3, 0.4) is 0 Å². The minimum Gasteiger partial charge on any atom is -0.477 e. The van der Waals surface area contributed by atoms with Gasteiger partial charge < -0.3 is 10.1 Å². The number of hydrogen-bond acceptors (Lipinski definition) is 5. The van der Waals surface area contributed by atoms with Crippen LogP contribution in [0.15, 0.2) is 11.6 Å². The summed E-state index contributed by atoms with van der Waals surface area (Å²) in [6, 6.07) is 2.10. The molecule has 0 radical (unpaired) electrons. The van der Waals surface area contributed by atoms with E-state index in [-0.39, 0.29) is 0 Å². The SMILES string of the molecule is CCNCc1c(C)cc(C)nc1OCCc1scnc1C. The molecule has 2 rings (SSSR count). The van der Waals surface area contributed by atoms with Crippen LogP contribution in [0.1, 0.15) is 34.3 Å². The molecule has 0 aliphatic rings. The Morgan fingerprint density at radius 3 is 2.76 bits per heavy atom. The van der Waals surface area contributed by atoms with Gasteiger partial charge in [-0.15, -0.1) is 11.3 Å². The molecule has 0 saturated carbocycles. The number of hydrogen-bond donors (Lipinski definition) is 1. The third-order valence-electron chi connectivity index (χ3n) is 3.40. The van der Waals surface area contributed by atoms with E-state index in [4.69, 9.17) is 4.74 Å². The molecule has 0 amide bonds. The van der Waals surface area contributed by atoms with Crippen LogP contribution in [-0.4, -0.2) is 23.1 Å². The van der Waals surface area contributed by atoms with Gasteiger partial charge in [0.2, 0.25) is 5.88 Å². The van der Waals surface area contributed by atoms with Crippen LogP contribution in [0.2, 0.25) is 0 Å². The summed E-state index contributed by atoms with van der Waals surface area (Å²) in [5.41, 5.74) is 6.37. The van der Waals surface area contributed by atoms with Crippen molar-refractivity contribution < 1.29 is 4.74 Å². The second kappa shape index (κ2) is 7.52. The summed E-state index contributed by atoms with van der Waals surface area (Å²) in [4.78, 5) is 10.1. The van der Waals surface area contributed by atoms with Gasteiger partial charge in [0.15, 0.2) is 0 Å². The van der Waals surface area contributed by atoms with Crippen molar-refractivity contribution in [3.05, 3.63) is 39.0 Å². The van der Waals surface area contributed by atoms with E-state index in [1.807, 2.05) is 19.4 Å². The van der Waals surface area contributed by atoms with Crippen molar-refractivity contribution >= 4 is 11.3 Å². The maximum atomic E-state index is 5.95. The minimum absolute atomic E-state index is 0.637. The molecule has 2 heterocycles. The minimum atomic E-state index is 0.637. The van der Waals surface area contributed by atoms with Gasteiger partial charge in [-0.1, -0.05) is 6.92 Å². The Morgan fingerprint density at radius 2 is 2.10 bits per heavy atom. The average molecular weight is 305 g/mol. The summed E-state index contributed by atoms with van der Waals surface area (Å²) in [6.07, 6.45) is 0.881. The molecule has 0 aliphatic heterocycles.